The summed E-state index contributed by atoms with van der Waals surface area (Å²) in [5, 5.41) is 24.3. The van der Waals surface area contributed by atoms with Crippen molar-refractivity contribution in [2.45, 2.75) is 37.1 Å². The second-order valence-corrected chi connectivity index (χ2v) is 8.32. The molecule has 4 N–H and O–H groups in total. The minimum Gasteiger partial charge on any atom is -0.387 e. The first-order chi connectivity index (χ1) is 14.4. The Morgan fingerprint density at radius 1 is 1.33 bits per heavy atom. The minimum atomic E-state index is -3.92. The molecule has 2 fully saturated rings. The highest BCUT2D eigenvalue weighted by Gasteiger charge is 2.46. The molecule has 0 spiro atoms. The second-order valence-electron chi connectivity index (χ2n) is 6.70. The zero-order valence-electron chi connectivity index (χ0n) is 15.6. The van der Waals surface area contributed by atoms with Crippen molar-refractivity contribution in [3.63, 3.8) is 0 Å². The molecule has 2 aliphatic heterocycles. The van der Waals surface area contributed by atoms with Crippen LogP contribution in [0.25, 0.3) is 0 Å². The molecular formula is C16H20N5O8P. The first-order valence-electron chi connectivity index (χ1n) is 9.06. The van der Waals surface area contributed by atoms with Crippen LogP contribution < -0.4 is 5.73 Å². The van der Waals surface area contributed by atoms with Crippen LogP contribution in [0, 0.1) is 0 Å². The van der Waals surface area contributed by atoms with Gasteiger partial charge in [-0.2, -0.15) is 0 Å². The molecule has 14 heteroatoms. The van der Waals surface area contributed by atoms with Gasteiger partial charge in [0.2, 0.25) is 5.82 Å². The molecule has 2 unspecified atom stereocenters. The summed E-state index contributed by atoms with van der Waals surface area (Å²) in [6.45, 7) is -0.231. The summed E-state index contributed by atoms with van der Waals surface area (Å²) in [6, 6.07) is 3.48. The van der Waals surface area contributed by atoms with Crippen LogP contribution in [0.3, 0.4) is 0 Å². The number of carbonyl (C=O) groups is 1. The maximum Gasteiger partial charge on any atom is 0.475 e. The van der Waals surface area contributed by atoms with Crippen molar-refractivity contribution in [3.8, 4) is 0 Å². The van der Waals surface area contributed by atoms with Gasteiger partial charge in [-0.05, 0) is 17.7 Å². The number of nitrogens with two attached hydrogens (primary N) is 1. The standard InChI is InChI=1S/C16H20N5O8P/c17-14(24)15-19-8-21(20-15)16-13(23)12(22)11(28-16)7-27-30(25)26-6-3-10(29-30)9-1-4-18-5-2-9/h1-2,4-5,8,10-13,16,22-23H,3,6-7H2,(H2,17,24)/t10?,11-,12-,13-,16-,30?/m1/s1. The normalized spacial score (nSPS) is 34.1. The number of hydrogen-bond acceptors (Lipinski definition) is 11. The van der Waals surface area contributed by atoms with E-state index in [0.717, 1.165) is 16.6 Å². The summed E-state index contributed by atoms with van der Waals surface area (Å²) in [5.41, 5.74) is 5.88. The maximum absolute atomic E-state index is 12.8. The number of aliphatic hydroxyl groups excluding tert-OH is 2. The number of rotatable bonds is 6. The van der Waals surface area contributed by atoms with E-state index >= 15 is 0 Å². The molecule has 0 aliphatic carbocycles. The Morgan fingerprint density at radius 3 is 2.80 bits per heavy atom. The van der Waals surface area contributed by atoms with E-state index in [1.54, 1.807) is 24.5 Å². The molecule has 0 saturated carbocycles. The van der Waals surface area contributed by atoms with Crippen LogP contribution in [0.4, 0.5) is 0 Å². The van der Waals surface area contributed by atoms with E-state index in [0.29, 0.717) is 6.42 Å². The Hall–Kier alpha value is -2.25. The lowest BCUT2D eigenvalue weighted by Gasteiger charge is -2.29. The zero-order valence-corrected chi connectivity index (χ0v) is 16.4. The molecule has 0 bridgehead atoms. The summed E-state index contributed by atoms with van der Waals surface area (Å²) in [5.74, 6) is -1.12. The van der Waals surface area contributed by atoms with Crippen molar-refractivity contribution in [3.05, 3.63) is 42.2 Å². The molecule has 1 amide bonds. The lowest BCUT2D eigenvalue weighted by molar-refractivity contribution is -0.0641. The van der Waals surface area contributed by atoms with Gasteiger partial charge in [0.1, 0.15) is 24.6 Å². The van der Waals surface area contributed by atoms with Crippen molar-refractivity contribution < 1.29 is 37.9 Å². The molecule has 4 rings (SSSR count). The van der Waals surface area contributed by atoms with Gasteiger partial charge in [0.05, 0.1) is 19.3 Å². The monoisotopic (exact) mass is 441 g/mol. The van der Waals surface area contributed by atoms with Crippen molar-refractivity contribution in [2.24, 2.45) is 5.73 Å². The highest BCUT2D eigenvalue weighted by atomic mass is 31.2. The van der Waals surface area contributed by atoms with Crippen LogP contribution >= 0.6 is 7.82 Å². The zero-order chi connectivity index (χ0) is 21.3. The quantitative estimate of drug-likeness (QED) is 0.500. The molecule has 2 aliphatic rings. The molecule has 4 heterocycles. The molecule has 0 aromatic carbocycles. The van der Waals surface area contributed by atoms with Gasteiger partial charge in [0.25, 0.3) is 5.91 Å². The Bertz CT molecular complexity index is 943. The number of amides is 1. The van der Waals surface area contributed by atoms with Crippen LogP contribution in [-0.2, 0) is 22.9 Å². The SMILES string of the molecule is NC(=O)c1ncn([C@@H]2O[C@H](COP3(=O)OCCC(c4ccncc4)O3)[C@@H](O)[C@H]2O)n1. The van der Waals surface area contributed by atoms with E-state index in [9.17, 15) is 19.6 Å². The van der Waals surface area contributed by atoms with Crippen molar-refractivity contribution in [1.82, 2.24) is 19.7 Å². The Labute approximate surface area is 170 Å². The van der Waals surface area contributed by atoms with Crippen molar-refractivity contribution in [1.29, 1.82) is 0 Å². The second kappa shape index (κ2) is 8.47. The Morgan fingerprint density at radius 2 is 2.10 bits per heavy atom. The van der Waals surface area contributed by atoms with Gasteiger partial charge >= 0.3 is 7.82 Å². The number of primary amides is 1. The third-order valence-electron chi connectivity index (χ3n) is 4.69. The lowest BCUT2D eigenvalue weighted by atomic mass is 10.1. The summed E-state index contributed by atoms with van der Waals surface area (Å²) in [4.78, 5) is 18.8. The topological polar surface area (TPSA) is 181 Å². The van der Waals surface area contributed by atoms with E-state index in [2.05, 4.69) is 15.1 Å². The molecule has 6 atom stereocenters. The molecule has 30 heavy (non-hydrogen) atoms. The number of nitrogens with zero attached hydrogens (tertiary/aromatic N) is 4. The van der Waals surface area contributed by atoms with Crippen LogP contribution in [-0.4, -0.2) is 67.4 Å². The molecule has 2 saturated heterocycles. The highest BCUT2D eigenvalue weighted by molar-refractivity contribution is 7.48. The third-order valence-corrected chi connectivity index (χ3v) is 6.16. The fraction of sp³-hybridized carbons (Fsp3) is 0.500. The molecule has 2 aromatic heterocycles. The number of aromatic nitrogens is 4. The molecule has 2 aromatic rings. The van der Waals surface area contributed by atoms with Gasteiger partial charge in [-0.1, -0.05) is 0 Å². The van der Waals surface area contributed by atoms with Gasteiger partial charge in [-0.25, -0.2) is 14.2 Å². The van der Waals surface area contributed by atoms with E-state index < -0.39 is 44.4 Å². The number of phosphoric ester groups is 1. The highest BCUT2D eigenvalue weighted by Crippen LogP contribution is 2.57. The average molecular weight is 441 g/mol. The average Bonchev–Trinajstić information content (AvgIpc) is 3.33. The molecule has 162 valence electrons. The number of phosphoric acid groups is 1. The van der Waals surface area contributed by atoms with Crippen molar-refractivity contribution in [2.75, 3.05) is 13.2 Å². The number of aliphatic hydroxyl groups is 2. The van der Waals surface area contributed by atoms with Gasteiger partial charge < -0.3 is 20.7 Å². The number of pyridine rings is 1. The first-order valence-corrected chi connectivity index (χ1v) is 10.5. The fourth-order valence-corrected chi connectivity index (χ4v) is 4.54. The summed E-state index contributed by atoms with van der Waals surface area (Å²) in [7, 11) is -3.92. The number of ether oxygens (including phenoxy) is 1. The Balaban J connectivity index is 1.39. The summed E-state index contributed by atoms with van der Waals surface area (Å²) in [6.07, 6.45) is -0.686. The molecule has 13 nitrogen and oxygen atoms in total. The Kier molecular flexibility index (Phi) is 5.93. The maximum atomic E-state index is 12.8. The van der Waals surface area contributed by atoms with E-state index in [4.69, 9.17) is 24.0 Å². The van der Waals surface area contributed by atoms with Gasteiger partial charge in [0.15, 0.2) is 6.23 Å². The van der Waals surface area contributed by atoms with E-state index in [1.807, 2.05) is 0 Å². The van der Waals surface area contributed by atoms with Crippen LogP contribution in [0.15, 0.2) is 30.9 Å². The predicted molar refractivity (Wildman–Crippen MR) is 96.7 cm³/mol. The van der Waals surface area contributed by atoms with Crippen molar-refractivity contribution >= 4 is 13.7 Å². The number of hydrogen-bond donors (Lipinski definition) is 3. The minimum absolute atomic E-state index is 0.151. The summed E-state index contributed by atoms with van der Waals surface area (Å²) >= 11 is 0. The predicted octanol–water partition coefficient (Wildman–Crippen LogP) is -0.306. The molecule has 0 radical (unpaired) electrons. The van der Waals surface area contributed by atoms with Crippen LogP contribution in [0.2, 0.25) is 0 Å². The van der Waals surface area contributed by atoms with Gasteiger partial charge in [0, 0.05) is 18.8 Å². The van der Waals surface area contributed by atoms with E-state index in [1.165, 1.54) is 0 Å². The third kappa shape index (κ3) is 4.27. The van der Waals surface area contributed by atoms with E-state index in [-0.39, 0.29) is 19.0 Å². The molecular weight excluding hydrogens is 421 g/mol. The van der Waals surface area contributed by atoms with Crippen LogP contribution in [0.5, 0.6) is 0 Å². The van der Waals surface area contributed by atoms with Gasteiger partial charge in [-0.3, -0.25) is 23.3 Å². The largest absolute Gasteiger partial charge is 0.475 e. The number of carbonyl (C=O) groups excluding carboxylic acids is 1. The fourth-order valence-electron chi connectivity index (χ4n) is 3.14. The van der Waals surface area contributed by atoms with Crippen LogP contribution in [0.1, 0.15) is 34.9 Å². The smallest absolute Gasteiger partial charge is 0.387 e. The van der Waals surface area contributed by atoms with Gasteiger partial charge in [-0.15, -0.1) is 5.10 Å². The lowest BCUT2D eigenvalue weighted by Crippen LogP contribution is -2.34. The first kappa shape index (κ1) is 21.0. The summed E-state index contributed by atoms with van der Waals surface area (Å²) < 4.78 is 35.5.